The van der Waals surface area contributed by atoms with Crippen molar-refractivity contribution in [2.24, 2.45) is 0 Å². The molecule has 7 heteroatoms. The number of benzene rings is 2. The van der Waals surface area contributed by atoms with Crippen LogP contribution in [0.25, 0.3) is 0 Å². The molecule has 1 heterocycles. The summed E-state index contributed by atoms with van der Waals surface area (Å²) in [4.78, 5) is 40.6. The first-order valence-electron chi connectivity index (χ1n) is 11.2. The van der Waals surface area contributed by atoms with Crippen LogP contribution < -0.4 is 5.32 Å². The molecule has 0 saturated carbocycles. The molecule has 0 radical (unpaired) electrons. The molecule has 1 aliphatic rings. The summed E-state index contributed by atoms with van der Waals surface area (Å²) in [6, 6.07) is 15.1. The van der Waals surface area contributed by atoms with Crippen molar-refractivity contribution in [1.29, 1.82) is 0 Å². The number of carbonyl (C=O) groups is 3. The van der Waals surface area contributed by atoms with E-state index in [4.69, 9.17) is 4.74 Å². The molecule has 33 heavy (non-hydrogen) atoms. The van der Waals surface area contributed by atoms with Crippen LogP contribution in [0.2, 0.25) is 0 Å². The predicted molar refractivity (Wildman–Crippen MR) is 128 cm³/mol. The van der Waals surface area contributed by atoms with Crippen molar-refractivity contribution < 1.29 is 19.1 Å². The van der Waals surface area contributed by atoms with E-state index in [1.165, 1.54) is 10.5 Å². The minimum atomic E-state index is -0.563. The van der Waals surface area contributed by atoms with Crippen LogP contribution in [-0.4, -0.2) is 46.9 Å². The van der Waals surface area contributed by atoms with E-state index in [0.717, 1.165) is 17.5 Å². The molecule has 2 aromatic carbocycles. The maximum atomic E-state index is 12.9. The molecule has 176 valence electrons. The zero-order valence-corrected chi connectivity index (χ0v) is 20.1. The average Bonchev–Trinajstić information content (AvgIpc) is 2.72. The van der Waals surface area contributed by atoms with Crippen molar-refractivity contribution >= 4 is 23.6 Å². The third-order valence-electron chi connectivity index (χ3n) is 5.53. The van der Waals surface area contributed by atoms with Gasteiger partial charge in [-0.2, -0.15) is 0 Å². The van der Waals surface area contributed by atoms with Gasteiger partial charge in [0.05, 0.1) is 12.5 Å². The highest BCUT2D eigenvalue weighted by molar-refractivity contribution is 5.91. The van der Waals surface area contributed by atoms with Crippen molar-refractivity contribution in [3.63, 3.8) is 0 Å². The van der Waals surface area contributed by atoms with E-state index in [0.29, 0.717) is 18.8 Å². The van der Waals surface area contributed by atoms with Crippen LogP contribution in [-0.2, 0) is 27.3 Å². The van der Waals surface area contributed by atoms with Crippen LogP contribution in [0.1, 0.15) is 56.8 Å². The summed E-state index contributed by atoms with van der Waals surface area (Å²) in [5.41, 5.74) is 3.16. The largest absolute Gasteiger partial charge is 0.444 e. The van der Waals surface area contributed by atoms with Crippen LogP contribution in [0, 0.1) is 0 Å². The molecule has 0 fully saturated rings. The first-order valence-corrected chi connectivity index (χ1v) is 11.2. The Morgan fingerprint density at radius 1 is 1.12 bits per heavy atom. The van der Waals surface area contributed by atoms with E-state index >= 15 is 0 Å². The number of nitrogens with zero attached hydrogens (tertiary/aromatic N) is 2. The van der Waals surface area contributed by atoms with Crippen molar-refractivity contribution in [3.8, 4) is 0 Å². The van der Waals surface area contributed by atoms with Crippen LogP contribution in [0.3, 0.4) is 0 Å². The lowest BCUT2D eigenvalue weighted by molar-refractivity contribution is -0.132. The van der Waals surface area contributed by atoms with Gasteiger partial charge in [-0.25, -0.2) is 4.79 Å². The van der Waals surface area contributed by atoms with Crippen molar-refractivity contribution in [3.05, 3.63) is 65.2 Å². The zero-order chi connectivity index (χ0) is 24.2. The molecule has 0 bridgehead atoms. The standard InChI is InChI=1S/C26H33N3O4/c1-18(30)29-14-13-20-10-6-7-12-22(20)23(29)16-24(31)27-21-11-8-9-19(15-21)17-28(5)25(32)33-26(2,3)4/h6-12,15,23H,13-14,16-17H2,1-5H3,(H,27,31). The minimum absolute atomic E-state index is 0.0329. The summed E-state index contributed by atoms with van der Waals surface area (Å²) in [7, 11) is 1.68. The second kappa shape index (κ2) is 10.1. The molecule has 1 N–H and O–H groups in total. The third kappa shape index (κ3) is 6.57. The Bertz CT molecular complexity index is 1030. The first kappa shape index (κ1) is 24.3. The Hall–Kier alpha value is -3.35. The number of nitrogens with one attached hydrogen (secondary N) is 1. The number of carbonyl (C=O) groups excluding carboxylic acids is 3. The lowest BCUT2D eigenvalue weighted by atomic mass is 9.90. The van der Waals surface area contributed by atoms with E-state index in [-0.39, 0.29) is 24.3 Å². The number of ether oxygens (including phenoxy) is 1. The van der Waals surface area contributed by atoms with Gasteiger partial charge in [0.1, 0.15) is 5.60 Å². The molecule has 0 aromatic heterocycles. The quantitative estimate of drug-likeness (QED) is 0.725. The molecule has 2 aromatic rings. The van der Waals surface area contributed by atoms with Crippen LogP contribution in [0.15, 0.2) is 48.5 Å². The molecule has 1 atom stereocenters. The number of anilines is 1. The van der Waals surface area contributed by atoms with Gasteiger partial charge in [0.15, 0.2) is 0 Å². The molecule has 1 unspecified atom stereocenters. The van der Waals surface area contributed by atoms with Gasteiger partial charge in [0.2, 0.25) is 11.8 Å². The van der Waals surface area contributed by atoms with Gasteiger partial charge in [-0.1, -0.05) is 36.4 Å². The van der Waals surface area contributed by atoms with E-state index in [1.54, 1.807) is 18.9 Å². The fourth-order valence-electron chi connectivity index (χ4n) is 4.06. The highest BCUT2D eigenvalue weighted by Gasteiger charge is 2.30. The van der Waals surface area contributed by atoms with E-state index < -0.39 is 11.7 Å². The van der Waals surface area contributed by atoms with Crippen molar-refractivity contribution in [1.82, 2.24) is 9.80 Å². The summed E-state index contributed by atoms with van der Waals surface area (Å²) in [5.74, 6) is -0.199. The van der Waals surface area contributed by atoms with Gasteiger partial charge in [-0.15, -0.1) is 0 Å². The van der Waals surface area contributed by atoms with Gasteiger partial charge >= 0.3 is 6.09 Å². The Balaban J connectivity index is 1.67. The average molecular weight is 452 g/mol. The molecule has 3 rings (SSSR count). The Morgan fingerprint density at radius 3 is 2.55 bits per heavy atom. The maximum absolute atomic E-state index is 12.9. The van der Waals surface area contributed by atoms with Crippen LogP contribution in [0.5, 0.6) is 0 Å². The Kier molecular flexibility index (Phi) is 7.41. The van der Waals surface area contributed by atoms with Crippen LogP contribution >= 0.6 is 0 Å². The van der Waals surface area contributed by atoms with E-state index in [1.807, 2.05) is 63.2 Å². The van der Waals surface area contributed by atoms with Gasteiger partial charge in [0, 0.05) is 32.7 Å². The summed E-state index contributed by atoms with van der Waals surface area (Å²) in [6.07, 6.45) is 0.567. The predicted octanol–water partition coefficient (Wildman–Crippen LogP) is 4.53. The molecule has 0 aliphatic carbocycles. The number of amides is 3. The van der Waals surface area contributed by atoms with Gasteiger partial charge < -0.3 is 19.9 Å². The third-order valence-corrected chi connectivity index (χ3v) is 5.53. The SMILES string of the molecule is CC(=O)N1CCc2ccccc2C1CC(=O)Nc1cccc(CN(C)C(=O)OC(C)(C)C)c1. The topological polar surface area (TPSA) is 79.0 Å². The first-order chi connectivity index (χ1) is 15.5. The van der Waals surface area contributed by atoms with E-state index in [2.05, 4.69) is 11.4 Å². The summed E-state index contributed by atoms with van der Waals surface area (Å²) >= 11 is 0. The highest BCUT2D eigenvalue weighted by atomic mass is 16.6. The van der Waals surface area contributed by atoms with Crippen LogP contribution in [0.4, 0.5) is 10.5 Å². The number of rotatable bonds is 5. The summed E-state index contributed by atoms with van der Waals surface area (Å²) in [6.45, 7) is 7.99. The molecule has 1 aliphatic heterocycles. The zero-order valence-electron chi connectivity index (χ0n) is 20.1. The fourth-order valence-corrected chi connectivity index (χ4v) is 4.06. The minimum Gasteiger partial charge on any atom is -0.444 e. The molecular formula is C26H33N3O4. The Morgan fingerprint density at radius 2 is 1.85 bits per heavy atom. The summed E-state index contributed by atoms with van der Waals surface area (Å²) < 4.78 is 5.39. The number of hydrogen-bond acceptors (Lipinski definition) is 4. The monoisotopic (exact) mass is 451 g/mol. The Labute approximate surface area is 195 Å². The fraction of sp³-hybridized carbons (Fsp3) is 0.423. The van der Waals surface area contributed by atoms with E-state index in [9.17, 15) is 14.4 Å². The normalized spacial score (nSPS) is 15.4. The number of fused-ring (bicyclic) bond motifs is 1. The highest BCUT2D eigenvalue weighted by Crippen LogP contribution is 2.32. The van der Waals surface area contributed by atoms with Crippen molar-refractivity contribution in [2.45, 2.75) is 58.7 Å². The molecule has 0 saturated heterocycles. The second-order valence-electron chi connectivity index (χ2n) is 9.47. The molecule has 3 amide bonds. The summed E-state index contributed by atoms with van der Waals surface area (Å²) in [5, 5.41) is 2.95. The molecule has 7 nitrogen and oxygen atoms in total. The van der Waals surface area contributed by atoms with Gasteiger partial charge in [-0.3, -0.25) is 9.59 Å². The number of hydrogen-bond donors (Lipinski definition) is 1. The van der Waals surface area contributed by atoms with Gasteiger partial charge in [0.25, 0.3) is 0 Å². The van der Waals surface area contributed by atoms with Crippen molar-refractivity contribution in [2.75, 3.05) is 18.9 Å². The molecular weight excluding hydrogens is 418 g/mol. The maximum Gasteiger partial charge on any atom is 0.410 e. The van der Waals surface area contributed by atoms with Gasteiger partial charge in [-0.05, 0) is 56.0 Å². The lowest BCUT2D eigenvalue weighted by Crippen LogP contribution is -2.40. The molecule has 0 spiro atoms. The lowest BCUT2D eigenvalue weighted by Gasteiger charge is -2.36. The second-order valence-corrected chi connectivity index (χ2v) is 9.47. The smallest absolute Gasteiger partial charge is 0.410 e.